The quantitative estimate of drug-likeness (QED) is 0.444. The van der Waals surface area contributed by atoms with Gasteiger partial charge in [0.05, 0.1) is 0 Å². The first-order valence-electron chi connectivity index (χ1n) is 7.17. The first-order valence-corrected chi connectivity index (χ1v) is 7.17. The van der Waals surface area contributed by atoms with E-state index in [2.05, 4.69) is 6.58 Å². The van der Waals surface area contributed by atoms with Gasteiger partial charge in [-0.25, -0.2) is 9.59 Å². The van der Waals surface area contributed by atoms with Crippen LogP contribution in [0.4, 0.5) is 0 Å². The van der Waals surface area contributed by atoms with E-state index in [1.165, 1.54) is 6.92 Å². The van der Waals surface area contributed by atoms with E-state index < -0.39 is 24.6 Å². The summed E-state index contributed by atoms with van der Waals surface area (Å²) in [6.07, 6.45) is 2.76. The molecule has 0 aromatic heterocycles. The van der Waals surface area contributed by atoms with E-state index in [-0.39, 0.29) is 17.6 Å². The molecule has 1 aliphatic carbocycles. The number of carbonyl (C=O) groups excluding carboxylic acids is 3. The maximum absolute atomic E-state index is 11.7. The summed E-state index contributed by atoms with van der Waals surface area (Å²) in [5.74, 6) is -1.04. The van der Waals surface area contributed by atoms with Crippen molar-refractivity contribution < 1.29 is 28.6 Å². The highest BCUT2D eigenvalue weighted by atomic mass is 16.6. The second-order valence-electron chi connectivity index (χ2n) is 5.63. The lowest BCUT2D eigenvalue weighted by molar-refractivity contribution is -0.175. The van der Waals surface area contributed by atoms with Crippen molar-refractivity contribution in [2.24, 2.45) is 5.92 Å². The SMILES string of the molecule is C=C(C)C(=O)OCC(=O)OC1CCC2CCC(=O)OC1C2. The van der Waals surface area contributed by atoms with E-state index in [1.54, 1.807) is 0 Å². The molecule has 0 aromatic carbocycles. The van der Waals surface area contributed by atoms with Crippen LogP contribution in [0.2, 0.25) is 0 Å². The van der Waals surface area contributed by atoms with Gasteiger partial charge in [0, 0.05) is 12.0 Å². The molecule has 0 aromatic rings. The highest BCUT2D eigenvalue weighted by Gasteiger charge is 2.38. The minimum atomic E-state index is -0.631. The first kappa shape index (κ1) is 15.5. The highest BCUT2D eigenvalue weighted by molar-refractivity contribution is 5.88. The van der Waals surface area contributed by atoms with E-state index in [1.807, 2.05) is 0 Å². The fraction of sp³-hybridized carbons (Fsp3) is 0.667. The molecule has 0 amide bonds. The largest absolute Gasteiger partial charge is 0.458 e. The number of carbonyl (C=O) groups is 3. The Kier molecular flexibility index (Phi) is 4.98. The van der Waals surface area contributed by atoms with Crippen LogP contribution in [0.3, 0.4) is 0 Å². The Morgan fingerprint density at radius 3 is 2.81 bits per heavy atom. The van der Waals surface area contributed by atoms with Gasteiger partial charge in [-0.05, 0) is 38.5 Å². The highest BCUT2D eigenvalue weighted by Crippen LogP contribution is 2.34. The molecule has 1 aliphatic heterocycles. The molecule has 2 fully saturated rings. The molecule has 1 saturated heterocycles. The van der Waals surface area contributed by atoms with Crippen molar-refractivity contribution in [3.05, 3.63) is 12.2 Å². The second kappa shape index (κ2) is 6.74. The standard InChI is InChI=1S/C15H20O6/c1-9(2)15(18)19-8-14(17)20-11-5-3-10-4-6-13(16)21-12(11)7-10/h10-12H,1,3-8H2,2H3. The molecule has 1 heterocycles. The van der Waals surface area contributed by atoms with Gasteiger partial charge in [0.2, 0.25) is 0 Å². The zero-order chi connectivity index (χ0) is 15.4. The van der Waals surface area contributed by atoms with Gasteiger partial charge in [-0.1, -0.05) is 6.58 Å². The first-order chi connectivity index (χ1) is 9.95. The predicted molar refractivity (Wildman–Crippen MR) is 72.1 cm³/mol. The maximum Gasteiger partial charge on any atom is 0.344 e. The normalized spacial score (nSPS) is 28.0. The average Bonchev–Trinajstić information content (AvgIpc) is 2.59. The molecule has 2 aliphatic rings. The van der Waals surface area contributed by atoms with Crippen LogP contribution in [0.1, 0.15) is 39.0 Å². The molecule has 3 atom stereocenters. The van der Waals surface area contributed by atoms with Crippen molar-refractivity contribution in [1.29, 1.82) is 0 Å². The van der Waals surface area contributed by atoms with Crippen molar-refractivity contribution in [2.75, 3.05) is 6.61 Å². The molecule has 0 spiro atoms. The third kappa shape index (κ3) is 4.31. The Morgan fingerprint density at radius 2 is 2.10 bits per heavy atom. The fourth-order valence-electron chi connectivity index (χ4n) is 2.71. The predicted octanol–water partition coefficient (Wildman–Crippen LogP) is 1.52. The van der Waals surface area contributed by atoms with Crippen molar-refractivity contribution in [3.8, 4) is 0 Å². The van der Waals surface area contributed by atoms with Gasteiger partial charge in [0.1, 0.15) is 12.2 Å². The van der Waals surface area contributed by atoms with Crippen LogP contribution in [0.25, 0.3) is 0 Å². The van der Waals surface area contributed by atoms with Crippen LogP contribution in [0.5, 0.6) is 0 Å². The Balaban J connectivity index is 1.84. The van der Waals surface area contributed by atoms with Gasteiger partial charge in [-0.3, -0.25) is 4.79 Å². The van der Waals surface area contributed by atoms with Crippen LogP contribution in [-0.2, 0) is 28.6 Å². The smallest absolute Gasteiger partial charge is 0.344 e. The lowest BCUT2D eigenvalue weighted by atomic mass is 9.83. The fourth-order valence-corrected chi connectivity index (χ4v) is 2.71. The van der Waals surface area contributed by atoms with E-state index >= 15 is 0 Å². The van der Waals surface area contributed by atoms with Gasteiger partial charge in [0.25, 0.3) is 0 Å². The number of hydrogen-bond acceptors (Lipinski definition) is 6. The minimum absolute atomic E-state index is 0.223. The number of hydrogen-bond donors (Lipinski definition) is 0. The minimum Gasteiger partial charge on any atom is -0.458 e. The molecule has 2 bridgehead atoms. The van der Waals surface area contributed by atoms with Gasteiger partial charge < -0.3 is 14.2 Å². The van der Waals surface area contributed by atoms with Crippen LogP contribution < -0.4 is 0 Å². The summed E-state index contributed by atoms with van der Waals surface area (Å²) in [7, 11) is 0. The summed E-state index contributed by atoms with van der Waals surface area (Å²) in [5.41, 5.74) is 0.223. The molecule has 3 unspecified atom stereocenters. The monoisotopic (exact) mass is 296 g/mol. The Labute approximate surface area is 123 Å². The molecule has 116 valence electrons. The molecular weight excluding hydrogens is 276 g/mol. The number of fused-ring (bicyclic) bond motifs is 2. The van der Waals surface area contributed by atoms with Crippen molar-refractivity contribution >= 4 is 17.9 Å². The van der Waals surface area contributed by atoms with Crippen LogP contribution in [-0.4, -0.2) is 36.7 Å². The molecule has 6 heteroatoms. The Bertz CT molecular complexity index is 455. The third-order valence-electron chi connectivity index (χ3n) is 3.83. The third-order valence-corrected chi connectivity index (χ3v) is 3.83. The molecular formula is C15H20O6. The van der Waals surface area contributed by atoms with Crippen LogP contribution in [0.15, 0.2) is 12.2 Å². The van der Waals surface area contributed by atoms with Crippen molar-refractivity contribution in [3.63, 3.8) is 0 Å². The zero-order valence-electron chi connectivity index (χ0n) is 12.1. The average molecular weight is 296 g/mol. The molecule has 1 saturated carbocycles. The summed E-state index contributed by atoms with van der Waals surface area (Å²) in [5, 5.41) is 0. The van der Waals surface area contributed by atoms with Crippen LogP contribution in [0, 0.1) is 5.92 Å². The van der Waals surface area contributed by atoms with Gasteiger partial charge in [-0.15, -0.1) is 0 Å². The number of rotatable bonds is 4. The maximum atomic E-state index is 11.7. The lowest BCUT2D eigenvalue weighted by Crippen LogP contribution is -2.39. The molecule has 6 nitrogen and oxygen atoms in total. The Morgan fingerprint density at radius 1 is 1.33 bits per heavy atom. The molecule has 21 heavy (non-hydrogen) atoms. The summed E-state index contributed by atoms with van der Waals surface area (Å²) >= 11 is 0. The lowest BCUT2D eigenvalue weighted by Gasteiger charge is -2.32. The van der Waals surface area contributed by atoms with Crippen molar-refractivity contribution in [2.45, 2.75) is 51.2 Å². The number of ether oxygens (including phenoxy) is 3. The van der Waals surface area contributed by atoms with E-state index in [0.717, 1.165) is 19.3 Å². The molecule has 0 radical (unpaired) electrons. The zero-order valence-corrected chi connectivity index (χ0v) is 12.1. The summed E-state index contributed by atoms with van der Waals surface area (Å²) < 4.78 is 15.3. The molecule has 0 N–H and O–H groups in total. The summed E-state index contributed by atoms with van der Waals surface area (Å²) in [4.78, 5) is 34.4. The number of esters is 3. The summed E-state index contributed by atoms with van der Waals surface area (Å²) in [6, 6.07) is 0. The Hall–Kier alpha value is -1.85. The van der Waals surface area contributed by atoms with E-state index in [0.29, 0.717) is 18.8 Å². The second-order valence-corrected chi connectivity index (χ2v) is 5.63. The van der Waals surface area contributed by atoms with Gasteiger partial charge in [0.15, 0.2) is 6.61 Å². The summed E-state index contributed by atoms with van der Waals surface area (Å²) in [6.45, 7) is 4.47. The van der Waals surface area contributed by atoms with E-state index in [4.69, 9.17) is 14.2 Å². The van der Waals surface area contributed by atoms with Crippen LogP contribution >= 0.6 is 0 Å². The van der Waals surface area contributed by atoms with Gasteiger partial charge >= 0.3 is 17.9 Å². The topological polar surface area (TPSA) is 78.9 Å². The van der Waals surface area contributed by atoms with Gasteiger partial charge in [-0.2, -0.15) is 0 Å². The molecule has 2 rings (SSSR count). The van der Waals surface area contributed by atoms with E-state index in [9.17, 15) is 14.4 Å². The van der Waals surface area contributed by atoms with Crippen molar-refractivity contribution in [1.82, 2.24) is 0 Å².